The molecule has 18 heavy (non-hydrogen) atoms. The Labute approximate surface area is 107 Å². The maximum atomic E-state index is 12.1. The molecule has 0 N–H and O–H groups in total. The number of benzene rings is 1. The van der Waals surface area contributed by atoms with Crippen molar-refractivity contribution in [3.63, 3.8) is 0 Å². The molecule has 1 aromatic heterocycles. The lowest BCUT2D eigenvalue weighted by atomic mass is 9.92. The van der Waals surface area contributed by atoms with Gasteiger partial charge in [-0.3, -0.25) is 4.79 Å². The van der Waals surface area contributed by atoms with Gasteiger partial charge >= 0.3 is 0 Å². The number of aryl methyl sites for hydroxylation is 1. The van der Waals surface area contributed by atoms with E-state index in [2.05, 4.69) is 0 Å². The molecule has 1 aromatic carbocycles. The predicted octanol–water partition coefficient (Wildman–Crippen LogP) is 3.58. The van der Waals surface area contributed by atoms with Gasteiger partial charge in [0.05, 0.1) is 12.7 Å². The summed E-state index contributed by atoms with van der Waals surface area (Å²) < 4.78 is 5.59. The monoisotopic (exact) mass is 240 g/mol. The van der Waals surface area contributed by atoms with Gasteiger partial charge in [0.1, 0.15) is 5.76 Å². The predicted molar refractivity (Wildman–Crippen MR) is 69.8 cm³/mol. The number of fused-ring (bicyclic) bond motifs is 1. The van der Waals surface area contributed by atoms with Crippen LogP contribution in [0.25, 0.3) is 0 Å². The van der Waals surface area contributed by atoms with E-state index in [1.807, 2.05) is 36.6 Å². The minimum atomic E-state index is 0.137. The molecular weight excluding hydrogens is 224 g/mol. The Bertz CT molecular complexity index is 552. The largest absolute Gasteiger partial charge is 0.468 e. The summed E-state index contributed by atoms with van der Waals surface area (Å²) in [5, 5.41) is 0. The van der Waals surface area contributed by atoms with Crippen molar-refractivity contribution < 1.29 is 9.21 Å². The number of carbonyl (C=O) groups is 1. The van der Waals surface area contributed by atoms with Crippen molar-refractivity contribution in [3.05, 3.63) is 59.0 Å². The van der Waals surface area contributed by atoms with E-state index in [4.69, 9.17) is 4.42 Å². The number of hydrogen-bond acceptors (Lipinski definition) is 2. The number of ketones is 1. The Morgan fingerprint density at radius 2 is 1.89 bits per heavy atom. The molecule has 0 bridgehead atoms. The van der Waals surface area contributed by atoms with E-state index in [-0.39, 0.29) is 5.78 Å². The first kappa shape index (κ1) is 11.3. The van der Waals surface area contributed by atoms with Crippen LogP contribution < -0.4 is 0 Å². The summed E-state index contributed by atoms with van der Waals surface area (Å²) in [7, 11) is 0. The van der Waals surface area contributed by atoms with Gasteiger partial charge in [-0.05, 0) is 36.8 Å². The van der Waals surface area contributed by atoms with Crippen LogP contribution in [0, 0.1) is 0 Å². The van der Waals surface area contributed by atoms with Gasteiger partial charge in [-0.15, -0.1) is 0 Å². The number of hydrogen-bond donors (Lipinski definition) is 0. The summed E-state index contributed by atoms with van der Waals surface area (Å²) in [6.07, 6.45) is 6.82. The smallest absolute Gasteiger partial charge is 0.170 e. The van der Waals surface area contributed by atoms with Crippen molar-refractivity contribution in [3.8, 4) is 0 Å². The zero-order valence-electron chi connectivity index (χ0n) is 10.3. The summed E-state index contributed by atoms with van der Waals surface area (Å²) in [6, 6.07) is 9.43. The lowest BCUT2D eigenvalue weighted by molar-refractivity contribution is 0.0986. The van der Waals surface area contributed by atoms with E-state index >= 15 is 0 Å². The molecule has 0 saturated heterocycles. The normalized spacial score (nSPS) is 14.2. The second kappa shape index (κ2) is 4.81. The Morgan fingerprint density at radius 3 is 2.72 bits per heavy atom. The third-order valence-electron chi connectivity index (χ3n) is 3.61. The maximum absolute atomic E-state index is 12.1. The summed E-state index contributed by atoms with van der Waals surface area (Å²) >= 11 is 0. The Balaban J connectivity index is 1.81. The van der Waals surface area contributed by atoms with Crippen LogP contribution in [0.15, 0.2) is 41.0 Å². The topological polar surface area (TPSA) is 30.2 Å². The molecule has 2 nitrogen and oxygen atoms in total. The summed E-state index contributed by atoms with van der Waals surface area (Å²) in [6.45, 7) is 0. The number of carbonyl (C=O) groups excluding carboxylic acids is 1. The zero-order valence-corrected chi connectivity index (χ0v) is 10.3. The average molecular weight is 240 g/mol. The molecule has 0 aliphatic heterocycles. The quantitative estimate of drug-likeness (QED) is 0.767. The molecule has 0 saturated carbocycles. The molecule has 1 heterocycles. The molecule has 0 radical (unpaired) electrons. The summed E-state index contributed by atoms with van der Waals surface area (Å²) in [5.41, 5.74) is 3.35. The van der Waals surface area contributed by atoms with Gasteiger partial charge in [0, 0.05) is 5.56 Å². The molecule has 2 aromatic rings. The molecule has 2 heteroatoms. The van der Waals surface area contributed by atoms with Crippen LogP contribution in [0.2, 0.25) is 0 Å². The third kappa shape index (κ3) is 2.10. The fraction of sp³-hybridized carbons (Fsp3) is 0.312. The van der Waals surface area contributed by atoms with Crippen molar-refractivity contribution in [1.82, 2.24) is 0 Å². The van der Waals surface area contributed by atoms with E-state index in [0.717, 1.165) is 24.2 Å². The molecule has 1 aliphatic rings. The second-order valence-corrected chi connectivity index (χ2v) is 4.84. The van der Waals surface area contributed by atoms with Crippen LogP contribution >= 0.6 is 0 Å². The highest BCUT2D eigenvalue weighted by Crippen LogP contribution is 2.27. The Kier molecular flexibility index (Phi) is 3.01. The molecular formula is C16H16O2. The van der Waals surface area contributed by atoms with Crippen LogP contribution in [-0.4, -0.2) is 5.78 Å². The Morgan fingerprint density at radius 1 is 1.11 bits per heavy atom. The maximum Gasteiger partial charge on any atom is 0.170 e. The average Bonchev–Trinajstić information content (AvgIpc) is 2.83. The summed E-state index contributed by atoms with van der Waals surface area (Å²) in [5.74, 6) is 1.01. The van der Waals surface area contributed by atoms with Gasteiger partial charge in [0.25, 0.3) is 0 Å². The molecule has 0 spiro atoms. The molecule has 1 aliphatic carbocycles. The SMILES string of the molecule is O=C(Cc1occ2c1CCCC2)c1ccccc1. The van der Waals surface area contributed by atoms with Gasteiger partial charge in [-0.1, -0.05) is 30.3 Å². The van der Waals surface area contributed by atoms with E-state index in [1.54, 1.807) is 0 Å². The molecule has 0 atom stereocenters. The fourth-order valence-electron chi connectivity index (χ4n) is 2.61. The van der Waals surface area contributed by atoms with Crippen molar-refractivity contribution in [2.75, 3.05) is 0 Å². The van der Waals surface area contributed by atoms with Crippen molar-refractivity contribution >= 4 is 5.78 Å². The molecule has 0 unspecified atom stereocenters. The number of Topliss-reactive ketones (excluding diaryl/α,β-unsaturated/α-hetero) is 1. The van der Waals surface area contributed by atoms with Gasteiger partial charge in [0.15, 0.2) is 5.78 Å². The zero-order chi connectivity index (χ0) is 12.4. The fourth-order valence-corrected chi connectivity index (χ4v) is 2.61. The third-order valence-corrected chi connectivity index (χ3v) is 3.61. The van der Waals surface area contributed by atoms with Crippen LogP contribution in [0.1, 0.15) is 40.1 Å². The van der Waals surface area contributed by atoms with Crippen LogP contribution in [0.4, 0.5) is 0 Å². The lowest BCUT2D eigenvalue weighted by Gasteiger charge is -2.10. The molecule has 0 amide bonds. The molecule has 3 rings (SSSR count). The van der Waals surface area contributed by atoms with Gasteiger partial charge in [-0.2, -0.15) is 0 Å². The number of furan rings is 1. The van der Waals surface area contributed by atoms with Crippen molar-refractivity contribution in [2.24, 2.45) is 0 Å². The van der Waals surface area contributed by atoms with E-state index in [9.17, 15) is 4.79 Å². The molecule has 92 valence electrons. The molecule has 0 fully saturated rings. The highest BCUT2D eigenvalue weighted by Gasteiger charge is 2.19. The van der Waals surface area contributed by atoms with Crippen LogP contribution in [-0.2, 0) is 19.3 Å². The Hall–Kier alpha value is -1.83. The van der Waals surface area contributed by atoms with Crippen LogP contribution in [0.3, 0.4) is 0 Å². The lowest BCUT2D eigenvalue weighted by Crippen LogP contribution is -2.07. The summed E-state index contributed by atoms with van der Waals surface area (Å²) in [4.78, 5) is 12.1. The highest BCUT2D eigenvalue weighted by atomic mass is 16.3. The van der Waals surface area contributed by atoms with Gasteiger partial charge in [0.2, 0.25) is 0 Å². The minimum Gasteiger partial charge on any atom is -0.468 e. The van der Waals surface area contributed by atoms with E-state index < -0.39 is 0 Å². The van der Waals surface area contributed by atoms with Crippen molar-refractivity contribution in [1.29, 1.82) is 0 Å². The first-order valence-corrected chi connectivity index (χ1v) is 6.51. The van der Waals surface area contributed by atoms with Crippen molar-refractivity contribution in [2.45, 2.75) is 32.1 Å². The highest BCUT2D eigenvalue weighted by molar-refractivity contribution is 5.97. The first-order valence-electron chi connectivity index (χ1n) is 6.51. The number of rotatable bonds is 3. The second-order valence-electron chi connectivity index (χ2n) is 4.84. The van der Waals surface area contributed by atoms with Crippen LogP contribution in [0.5, 0.6) is 0 Å². The van der Waals surface area contributed by atoms with E-state index in [1.165, 1.54) is 24.0 Å². The first-order chi connectivity index (χ1) is 8.84. The minimum absolute atomic E-state index is 0.137. The van der Waals surface area contributed by atoms with Gasteiger partial charge < -0.3 is 4.42 Å². The standard InChI is InChI=1S/C16H16O2/c17-15(12-6-2-1-3-7-12)10-16-14-9-5-4-8-13(14)11-18-16/h1-3,6-7,11H,4-5,8-10H2. The van der Waals surface area contributed by atoms with Gasteiger partial charge in [-0.25, -0.2) is 0 Å². The van der Waals surface area contributed by atoms with E-state index in [0.29, 0.717) is 6.42 Å².